The number of rotatable bonds is 5. The molecule has 5 nitrogen and oxygen atoms in total. The number of nitrogens with zero attached hydrogens (tertiary/aromatic N) is 2. The van der Waals surface area contributed by atoms with E-state index in [0.717, 1.165) is 24.2 Å². The average molecular weight is 387 g/mol. The Morgan fingerprint density at radius 1 is 1.11 bits per heavy atom. The van der Waals surface area contributed by atoms with Crippen LogP contribution >= 0.6 is 0 Å². The van der Waals surface area contributed by atoms with Crippen LogP contribution in [0.3, 0.4) is 0 Å². The van der Waals surface area contributed by atoms with Crippen LogP contribution < -0.4 is 19.7 Å². The molecule has 0 saturated heterocycles. The van der Waals surface area contributed by atoms with Crippen LogP contribution in [0.1, 0.15) is 36.8 Å². The number of benzene rings is 1. The summed E-state index contributed by atoms with van der Waals surface area (Å²) in [5.41, 5.74) is 2.13. The number of methoxy groups -OCH3 is 2. The highest BCUT2D eigenvalue weighted by atomic mass is 19.1. The summed E-state index contributed by atoms with van der Waals surface area (Å²) in [6, 6.07) is 3.92. The maximum Gasteiger partial charge on any atom is 0.191 e. The lowest BCUT2D eigenvalue weighted by molar-refractivity contribution is 0.357. The fourth-order valence-electron chi connectivity index (χ4n) is 4.22. The molecule has 1 aromatic heterocycles. The molecule has 2 heterocycles. The minimum Gasteiger partial charge on any atom is -0.493 e. The van der Waals surface area contributed by atoms with E-state index in [-0.39, 0.29) is 22.6 Å². The summed E-state index contributed by atoms with van der Waals surface area (Å²) < 4.78 is 40.2. The highest BCUT2D eigenvalue weighted by Gasteiger charge is 2.50. The zero-order chi connectivity index (χ0) is 19.5. The van der Waals surface area contributed by atoms with Crippen molar-refractivity contribution in [2.75, 3.05) is 31.0 Å². The summed E-state index contributed by atoms with van der Waals surface area (Å²) in [5, 5.41) is 3.45. The van der Waals surface area contributed by atoms with Gasteiger partial charge in [0.05, 0.1) is 14.2 Å². The molecule has 5 rings (SSSR count). The van der Waals surface area contributed by atoms with E-state index in [9.17, 15) is 0 Å². The third-order valence-corrected chi connectivity index (χ3v) is 6.06. The van der Waals surface area contributed by atoms with Crippen molar-refractivity contribution in [3.05, 3.63) is 41.1 Å². The van der Waals surface area contributed by atoms with Gasteiger partial charge < -0.3 is 19.7 Å². The van der Waals surface area contributed by atoms with Gasteiger partial charge in [-0.05, 0) is 42.9 Å². The predicted octanol–water partition coefficient (Wildman–Crippen LogP) is 4.00. The number of anilines is 2. The topological polar surface area (TPSA) is 46.6 Å². The number of halogens is 2. The second-order valence-corrected chi connectivity index (χ2v) is 8.04. The van der Waals surface area contributed by atoms with Gasteiger partial charge in [0.1, 0.15) is 11.5 Å². The first kappa shape index (κ1) is 17.5. The maximum absolute atomic E-state index is 15.0. The molecular weight excluding hydrogens is 364 g/mol. The van der Waals surface area contributed by atoms with Gasteiger partial charge >= 0.3 is 0 Å². The van der Waals surface area contributed by atoms with Crippen molar-refractivity contribution < 1.29 is 18.3 Å². The Labute approximate surface area is 162 Å². The molecule has 1 aliphatic heterocycles. The van der Waals surface area contributed by atoms with Gasteiger partial charge in [0.2, 0.25) is 0 Å². The van der Waals surface area contributed by atoms with Crippen molar-refractivity contribution in [3.63, 3.8) is 0 Å². The fraction of sp³-hybridized carbons (Fsp3) is 0.476. The number of nitrogens with one attached hydrogen (secondary N) is 1. The summed E-state index contributed by atoms with van der Waals surface area (Å²) in [5.74, 6) is -0.529. The molecule has 0 unspecified atom stereocenters. The zero-order valence-electron chi connectivity index (χ0n) is 16.0. The van der Waals surface area contributed by atoms with Crippen LogP contribution in [0.15, 0.2) is 18.3 Å². The molecule has 0 atom stereocenters. The summed E-state index contributed by atoms with van der Waals surface area (Å²) in [7, 11) is 2.73. The van der Waals surface area contributed by atoms with E-state index in [1.807, 2.05) is 6.20 Å². The smallest absolute Gasteiger partial charge is 0.191 e. The van der Waals surface area contributed by atoms with E-state index >= 15 is 8.78 Å². The van der Waals surface area contributed by atoms with Crippen LogP contribution in [0.2, 0.25) is 0 Å². The number of ether oxygens (including phenoxy) is 2. The van der Waals surface area contributed by atoms with Crippen molar-refractivity contribution in [2.45, 2.75) is 43.7 Å². The van der Waals surface area contributed by atoms with E-state index in [1.54, 1.807) is 4.90 Å². The third kappa shape index (κ3) is 2.75. The second-order valence-electron chi connectivity index (χ2n) is 8.04. The van der Waals surface area contributed by atoms with Crippen molar-refractivity contribution >= 4 is 11.5 Å². The molecule has 7 heteroatoms. The van der Waals surface area contributed by atoms with Crippen LogP contribution in [0.25, 0.3) is 0 Å². The Bertz CT molecular complexity index is 913. The minimum atomic E-state index is -0.694. The third-order valence-electron chi connectivity index (χ3n) is 6.06. The van der Waals surface area contributed by atoms with Gasteiger partial charge in [-0.1, -0.05) is 0 Å². The number of pyridine rings is 1. The molecular formula is C21H23F2N3O2. The monoisotopic (exact) mass is 387 g/mol. The van der Waals surface area contributed by atoms with Crippen LogP contribution in [0.5, 0.6) is 11.5 Å². The van der Waals surface area contributed by atoms with Crippen LogP contribution in [0.4, 0.5) is 20.3 Å². The first-order chi connectivity index (χ1) is 13.5. The SMILES string of the molecule is COc1cc(OC)c(F)c(N2Cc3cnc(NC4CC4)cc3C3(CC3)C2)c1F. The molecule has 2 aromatic rings. The normalized spacial score (nSPS) is 19.4. The Morgan fingerprint density at radius 2 is 1.79 bits per heavy atom. The molecule has 148 valence electrons. The van der Waals surface area contributed by atoms with Gasteiger partial charge in [-0.2, -0.15) is 0 Å². The first-order valence-electron chi connectivity index (χ1n) is 9.65. The lowest BCUT2D eigenvalue weighted by Crippen LogP contribution is -2.39. The van der Waals surface area contributed by atoms with Crippen molar-refractivity contribution in [1.29, 1.82) is 0 Å². The second kappa shape index (κ2) is 6.22. The van der Waals surface area contributed by atoms with Crippen molar-refractivity contribution in [3.8, 4) is 11.5 Å². The van der Waals surface area contributed by atoms with Gasteiger partial charge in [-0.3, -0.25) is 0 Å². The summed E-state index contributed by atoms with van der Waals surface area (Å²) in [6.07, 6.45) is 6.24. The van der Waals surface area contributed by atoms with Crippen LogP contribution in [-0.2, 0) is 12.0 Å². The Kier molecular flexibility index (Phi) is 3.89. The summed E-state index contributed by atoms with van der Waals surface area (Å²) >= 11 is 0. The number of fused-ring (bicyclic) bond motifs is 2. The van der Waals surface area contributed by atoms with Gasteiger partial charge in [0.25, 0.3) is 0 Å². The zero-order valence-corrected chi connectivity index (χ0v) is 16.0. The minimum absolute atomic E-state index is 0.0222. The molecule has 28 heavy (non-hydrogen) atoms. The Morgan fingerprint density at radius 3 is 2.36 bits per heavy atom. The standard InChI is InChI=1S/C21H23F2N3O2/c1-27-15-8-16(28-2)19(23)20(18(15)22)26-10-12-9-24-17(25-13-3-4-13)7-14(12)21(11-26)5-6-21/h7-9,13H,3-6,10-11H2,1-2H3,(H,24,25). The van der Waals surface area contributed by atoms with Crippen molar-refractivity contribution in [2.24, 2.45) is 0 Å². The number of hydrogen-bond donors (Lipinski definition) is 1. The molecule has 2 aliphatic carbocycles. The van der Waals surface area contributed by atoms with Crippen LogP contribution in [0, 0.1) is 11.6 Å². The average Bonchev–Trinajstić information content (AvgIpc) is 3.61. The highest BCUT2D eigenvalue weighted by molar-refractivity contribution is 5.62. The lowest BCUT2D eigenvalue weighted by atomic mass is 9.87. The highest BCUT2D eigenvalue weighted by Crippen LogP contribution is 2.54. The van der Waals surface area contributed by atoms with E-state index < -0.39 is 11.6 Å². The van der Waals surface area contributed by atoms with E-state index in [0.29, 0.717) is 19.1 Å². The summed E-state index contributed by atoms with van der Waals surface area (Å²) in [6.45, 7) is 0.967. The molecule has 0 radical (unpaired) electrons. The first-order valence-corrected chi connectivity index (χ1v) is 9.65. The molecule has 2 fully saturated rings. The largest absolute Gasteiger partial charge is 0.493 e. The Hall–Kier alpha value is -2.57. The quantitative estimate of drug-likeness (QED) is 0.840. The number of aromatic nitrogens is 1. The van der Waals surface area contributed by atoms with E-state index in [4.69, 9.17) is 9.47 Å². The molecule has 0 bridgehead atoms. The van der Waals surface area contributed by atoms with Crippen LogP contribution in [-0.4, -0.2) is 31.8 Å². The summed E-state index contributed by atoms with van der Waals surface area (Å²) in [4.78, 5) is 6.30. The van der Waals surface area contributed by atoms with Gasteiger partial charge in [0.15, 0.2) is 23.1 Å². The lowest BCUT2D eigenvalue weighted by Gasteiger charge is -2.37. The molecule has 0 amide bonds. The van der Waals surface area contributed by atoms with Gasteiger partial charge in [-0.25, -0.2) is 13.8 Å². The fourth-order valence-corrected chi connectivity index (χ4v) is 4.22. The Balaban J connectivity index is 1.54. The molecule has 1 spiro atoms. The van der Waals surface area contributed by atoms with Gasteiger partial charge in [0, 0.05) is 36.8 Å². The van der Waals surface area contributed by atoms with E-state index in [2.05, 4.69) is 16.4 Å². The molecule has 1 aromatic carbocycles. The molecule has 2 saturated carbocycles. The van der Waals surface area contributed by atoms with E-state index in [1.165, 1.54) is 38.7 Å². The van der Waals surface area contributed by atoms with Gasteiger partial charge in [-0.15, -0.1) is 0 Å². The van der Waals surface area contributed by atoms with Crippen molar-refractivity contribution in [1.82, 2.24) is 4.98 Å². The number of hydrogen-bond acceptors (Lipinski definition) is 5. The predicted molar refractivity (Wildman–Crippen MR) is 102 cm³/mol. The molecule has 3 aliphatic rings. The molecule has 1 N–H and O–H groups in total. The maximum atomic E-state index is 15.0.